The SMILES string of the molecule is COc1ccccc1NC(=O)CN1C=CN2NC(c3ccc(Cl)cc3)CC2C1=O. The number of ether oxygens (including phenoxy) is 1. The Morgan fingerprint density at radius 2 is 1.97 bits per heavy atom. The maximum Gasteiger partial charge on any atom is 0.251 e. The Bertz CT molecular complexity index is 947. The molecule has 2 unspecified atom stereocenters. The van der Waals surface area contributed by atoms with Gasteiger partial charge in [-0.2, -0.15) is 0 Å². The first kappa shape index (κ1) is 19.3. The van der Waals surface area contributed by atoms with Crippen LogP contribution in [0.15, 0.2) is 60.9 Å². The lowest BCUT2D eigenvalue weighted by Gasteiger charge is -2.31. The zero-order valence-electron chi connectivity index (χ0n) is 15.8. The number of nitrogens with one attached hydrogen (secondary N) is 2. The van der Waals surface area contributed by atoms with Crippen molar-refractivity contribution in [2.45, 2.75) is 18.5 Å². The van der Waals surface area contributed by atoms with E-state index < -0.39 is 0 Å². The molecule has 1 fully saturated rings. The number of carbonyl (C=O) groups is 2. The van der Waals surface area contributed by atoms with Gasteiger partial charge in [0.1, 0.15) is 18.3 Å². The maximum atomic E-state index is 12.9. The number of fused-ring (bicyclic) bond motifs is 1. The largest absolute Gasteiger partial charge is 0.495 e. The van der Waals surface area contributed by atoms with E-state index in [0.717, 1.165) is 5.56 Å². The average Bonchev–Trinajstić information content (AvgIpc) is 3.16. The van der Waals surface area contributed by atoms with E-state index in [2.05, 4.69) is 10.7 Å². The summed E-state index contributed by atoms with van der Waals surface area (Å²) in [6, 6.07) is 14.4. The van der Waals surface area contributed by atoms with Gasteiger partial charge in [0.05, 0.1) is 18.8 Å². The second-order valence-corrected chi connectivity index (χ2v) is 7.34. The van der Waals surface area contributed by atoms with Gasteiger partial charge < -0.3 is 20.0 Å². The van der Waals surface area contributed by atoms with Gasteiger partial charge in [0.15, 0.2) is 0 Å². The predicted molar refractivity (Wildman–Crippen MR) is 110 cm³/mol. The lowest BCUT2D eigenvalue weighted by Crippen LogP contribution is -2.49. The van der Waals surface area contributed by atoms with E-state index >= 15 is 0 Å². The van der Waals surface area contributed by atoms with Crippen molar-refractivity contribution in [1.29, 1.82) is 0 Å². The molecule has 4 rings (SSSR count). The van der Waals surface area contributed by atoms with Crippen LogP contribution < -0.4 is 15.5 Å². The summed E-state index contributed by atoms with van der Waals surface area (Å²) in [5.41, 5.74) is 4.96. The number of hydrazine groups is 1. The van der Waals surface area contributed by atoms with Crippen LogP contribution in [0.25, 0.3) is 0 Å². The minimum absolute atomic E-state index is 0.00761. The fourth-order valence-corrected chi connectivity index (χ4v) is 3.70. The molecule has 8 heteroatoms. The number of benzene rings is 2. The summed E-state index contributed by atoms with van der Waals surface area (Å²) in [6.07, 6.45) is 4.02. The zero-order valence-corrected chi connectivity index (χ0v) is 16.6. The number of halogens is 1. The number of hydrogen-bond acceptors (Lipinski definition) is 5. The topological polar surface area (TPSA) is 73.9 Å². The van der Waals surface area contributed by atoms with E-state index in [-0.39, 0.29) is 30.4 Å². The molecule has 0 aliphatic carbocycles. The molecular weight excluding hydrogens is 392 g/mol. The van der Waals surface area contributed by atoms with Gasteiger partial charge in [0.2, 0.25) is 5.91 Å². The fraction of sp³-hybridized carbons (Fsp3) is 0.238. The first-order chi connectivity index (χ1) is 14.0. The molecule has 2 aliphatic heterocycles. The molecule has 29 heavy (non-hydrogen) atoms. The molecule has 150 valence electrons. The lowest BCUT2D eigenvalue weighted by atomic mass is 10.0. The third kappa shape index (κ3) is 4.06. The minimum atomic E-state index is -0.361. The molecule has 2 amide bonds. The van der Waals surface area contributed by atoms with Crippen molar-refractivity contribution in [3.8, 4) is 5.75 Å². The summed E-state index contributed by atoms with van der Waals surface area (Å²) in [5, 5.41) is 5.27. The van der Waals surface area contributed by atoms with Crippen LogP contribution in [0.5, 0.6) is 5.75 Å². The number of amides is 2. The van der Waals surface area contributed by atoms with Crippen molar-refractivity contribution >= 4 is 29.1 Å². The van der Waals surface area contributed by atoms with Crippen LogP contribution in [0.4, 0.5) is 5.69 Å². The van der Waals surface area contributed by atoms with E-state index in [0.29, 0.717) is 22.9 Å². The number of hydrogen-bond donors (Lipinski definition) is 2. The maximum absolute atomic E-state index is 12.9. The summed E-state index contributed by atoms with van der Waals surface area (Å²) in [4.78, 5) is 26.8. The summed E-state index contributed by atoms with van der Waals surface area (Å²) in [6.45, 7) is -0.0661. The molecule has 2 aromatic rings. The van der Waals surface area contributed by atoms with Gasteiger partial charge in [-0.25, -0.2) is 5.43 Å². The van der Waals surface area contributed by atoms with Crippen LogP contribution in [0.3, 0.4) is 0 Å². The van der Waals surface area contributed by atoms with E-state index in [1.165, 1.54) is 4.90 Å². The van der Waals surface area contributed by atoms with Gasteiger partial charge in [-0.05, 0) is 36.2 Å². The molecule has 0 radical (unpaired) electrons. The average molecular weight is 413 g/mol. The van der Waals surface area contributed by atoms with Crippen molar-refractivity contribution in [2.24, 2.45) is 0 Å². The minimum Gasteiger partial charge on any atom is -0.495 e. The van der Waals surface area contributed by atoms with Crippen LogP contribution in [-0.4, -0.2) is 41.4 Å². The number of carbonyl (C=O) groups excluding carboxylic acids is 2. The molecule has 2 heterocycles. The normalized spacial score (nSPS) is 20.6. The van der Waals surface area contributed by atoms with E-state index in [4.69, 9.17) is 16.3 Å². The second kappa shape index (κ2) is 8.14. The van der Waals surface area contributed by atoms with E-state index in [1.807, 2.05) is 36.4 Å². The number of rotatable bonds is 5. The van der Waals surface area contributed by atoms with Crippen molar-refractivity contribution in [2.75, 3.05) is 19.0 Å². The molecular formula is C21H21ClN4O3. The number of methoxy groups -OCH3 is 1. The number of anilines is 1. The van der Waals surface area contributed by atoms with Crippen molar-refractivity contribution in [3.63, 3.8) is 0 Å². The van der Waals surface area contributed by atoms with Gasteiger partial charge in [0, 0.05) is 17.4 Å². The highest BCUT2D eigenvalue weighted by Gasteiger charge is 2.40. The standard InChI is InChI=1S/C21H21ClN4O3/c1-29-19-5-3-2-4-16(19)23-20(27)13-25-10-11-26-18(21(25)28)12-17(24-26)14-6-8-15(22)9-7-14/h2-11,17-18,24H,12-13H2,1H3,(H,23,27). The van der Waals surface area contributed by atoms with E-state index in [1.54, 1.807) is 36.7 Å². The molecule has 2 aliphatic rings. The quantitative estimate of drug-likeness (QED) is 0.789. The lowest BCUT2D eigenvalue weighted by molar-refractivity contribution is -0.137. The Kier molecular flexibility index (Phi) is 5.42. The Labute approximate surface area is 173 Å². The first-order valence-corrected chi connectivity index (χ1v) is 9.64. The molecule has 0 aromatic heterocycles. The van der Waals surface area contributed by atoms with Crippen LogP contribution in [0.1, 0.15) is 18.0 Å². The summed E-state index contributed by atoms with van der Waals surface area (Å²) in [7, 11) is 1.54. The monoisotopic (exact) mass is 412 g/mol. The van der Waals surface area contributed by atoms with E-state index in [9.17, 15) is 9.59 Å². The molecule has 0 bridgehead atoms. The number of para-hydroxylation sites is 2. The fourth-order valence-electron chi connectivity index (χ4n) is 3.57. The molecule has 2 atom stereocenters. The van der Waals surface area contributed by atoms with Gasteiger partial charge >= 0.3 is 0 Å². The summed E-state index contributed by atoms with van der Waals surface area (Å²) < 4.78 is 5.24. The third-order valence-electron chi connectivity index (χ3n) is 5.04. The second-order valence-electron chi connectivity index (χ2n) is 6.90. The van der Waals surface area contributed by atoms with Gasteiger partial charge in [-0.1, -0.05) is 35.9 Å². The van der Waals surface area contributed by atoms with Crippen molar-refractivity contribution < 1.29 is 14.3 Å². The Morgan fingerprint density at radius 1 is 1.21 bits per heavy atom. The van der Waals surface area contributed by atoms with Gasteiger partial charge in [-0.15, -0.1) is 0 Å². The highest BCUT2D eigenvalue weighted by atomic mass is 35.5. The molecule has 2 aromatic carbocycles. The van der Waals surface area contributed by atoms with Crippen molar-refractivity contribution in [3.05, 3.63) is 71.5 Å². The zero-order chi connectivity index (χ0) is 20.4. The first-order valence-electron chi connectivity index (χ1n) is 9.27. The molecule has 0 saturated carbocycles. The molecule has 7 nitrogen and oxygen atoms in total. The van der Waals surface area contributed by atoms with Crippen molar-refractivity contribution in [1.82, 2.24) is 15.3 Å². The van der Waals surface area contributed by atoms with Crippen LogP contribution >= 0.6 is 11.6 Å². The Morgan fingerprint density at radius 3 is 2.72 bits per heavy atom. The Hall–Kier alpha value is -3.03. The van der Waals surface area contributed by atoms with Crippen LogP contribution in [0.2, 0.25) is 5.02 Å². The summed E-state index contributed by atoms with van der Waals surface area (Å²) in [5.74, 6) is 0.158. The van der Waals surface area contributed by atoms with Gasteiger partial charge in [0.25, 0.3) is 5.91 Å². The number of nitrogens with zero attached hydrogens (tertiary/aromatic N) is 2. The molecule has 0 spiro atoms. The highest BCUT2D eigenvalue weighted by Crippen LogP contribution is 2.31. The predicted octanol–water partition coefficient (Wildman–Crippen LogP) is 2.92. The van der Waals surface area contributed by atoms with Gasteiger partial charge in [-0.3, -0.25) is 9.59 Å². The molecule has 1 saturated heterocycles. The smallest absolute Gasteiger partial charge is 0.251 e. The third-order valence-corrected chi connectivity index (χ3v) is 5.29. The Balaban J connectivity index is 1.40. The summed E-state index contributed by atoms with van der Waals surface area (Å²) >= 11 is 5.96. The van der Waals surface area contributed by atoms with Crippen LogP contribution in [-0.2, 0) is 9.59 Å². The molecule has 2 N–H and O–H groups in total. The highest BCUT2D eigenvalue weighted by molar-refractivity contribution is 6.30. The van der Waals surface area contributed by atoms with Crippen LogP contribution in [0, 0.1) is 0 Å².